The van der Waals surface area contributed by atoms with Crippen LogP contribution in [0.2, 0.25) is 0 Å². The first-order chi connectivity index (χ1) is 5.49. The average molecular weight is 174 g/mol. The summed E-state index contributed by atoms with van der Waals surface area (Å²) < 4.78 is 4.86. The van der Waals surface area contributed by atoms with Gasteiger partial charge in [-0.2, -0.15) is 0 Å². The van der Waals surface area contributed by atoms with Gasteiger partial charge >= 0.3 is 5.97 Å². The molecule has 0 heterocycles. The molecule has 0 radical (unpaired) electrons. The van der Waals surface area contributed by atoms with Crippen molar-refractivity contribution in [1.29, 1.82) is 0 Å². The minimum Gasteiger partial charge on any atom is -0.481 e. The fraction of sp³-hybridized carbons (Fsp3) is 0.750. The molecule has 1 unspecified atom stereocenters. The summed E-state index contributed by atoms with van der Waals surface area (Å²) in [5, 5.41) is 8.33. The molecule has 0 aliphatic heterocycles. The highest BCUT2D eigenvalue weighted by Crippen LogP contribution is 2.08. The van der Waals surface area contributed by atoms with Gasteiger partial charge in [0.25, 0.3) is 0 Å². The molecule has 0 bridgehead atoms. The lowest BCUT2D eigenvalue weighted by molar-refractivity contribution is -0.144. The number of aliphatic carboxylic acids is 1. The minimum absolute atomic E-state index is 0.0156. The maximum Gasteiger partial charge on any atom is 0.310 e. The van der Waals surface area contributed by atoms with Crippen LogP contribution in [0.25, 0.3) is 0 Å². The second-order valence-corrected chi connectivity index (χ2v) is 2.94. The molecule has 0 aliphatic rings. The van der Waals surface area contributed by atoms with Crippen molar-refractivity contribution in [2.45, 2.75) is 26.4 Å². The summed E-state index contributed by atoms with van der Waals surface area (Å²) in [7, 11) is 1.41. The third-order valence-electron chi connectivity index (χ3n) is 1.50. The van der Waals surface area contributed by atoms with Crippen LogP contribution in [0.15, 0.2) is 0 Å². The number of rotatable bonds is 5. The Balaban J connectivity index is 4.12. The highest BCUT2D eigenvalue weighted by atomic mass is 16.5. The van der Waals surface area contributed by atoms with Gasteiger partial charge in [0.15, 0.2) is 5.78 Å². The monoisotopic (exact) mass is 174 g/mol. The average Bonchev–Trinajstić information content (AvgIpc) is 1.85. The number of Topliss-reactive ketones (excluding diaryl/α,β-unsaturated/α-hetero) is 1. The third-order valence-corrected chi connectivity index (χ3v) is 1.50. The second kappa shape index (κ2) is 4.87. The lowest BCUT2D eigenvalue weighted by Crippen LogP contribution is -2.30. The highest BCUT2D eigenvalue weighted by Gasteiger charge is 2.23. The number of carbonyl (C=O) groups excluding carboxylic acids is 1. The van der Waals surface area contributed by atoms with E-state index in [9.17, 15) is 9.59 Å². The third kappa shape index (κ3) is 3.48. The first kappa shape index (κ1) is 11.1. The number of methoxy groups -OCH3 is 1. The Hall–Kier alpha value is -0.900. The van der Waals surface area contributed by atoms with Crippen molar-refractivity contribution in [2.75, 3.05) is 7.11 Å². The van der Waals surface area contributed by atoms with Gasteiger partial charge in [0.05, 0.1) is 0 Å². The fourth-order valence-electron chi connectivity index (χ4n) is 1.03. The van der Waals surface area contributed by atoms with Crippen LogP contribution < -0.4 is 0 Å². The zero-order chi connectivity index (χ0) is 9.72. The Morgan fingerprint density at radius 1 is 1.42 bits per heavy atom. The number of carboxylic acid groups (broad SMARTS) is 1. The maximum atomic E-state index is 11.1. The standard InChI is InChI=1S/C8H14O4/c1-5(2)8(12-3)6(9)4-7(10)11/h5,8H,4H2,1-3H3,(H,10,11). The van der Waals surface area contributed by atoms with Crippen LogP contribution >= 0.6 is 0 Å². The van der Waals surface area contributed by atoms with Gasteiger partial charge in [-0.1, -0.05) is 13.8 Å². The first-order valence-corrected chi connectivity index (χ1v) is 3.76. The molecule has 12 heavy (non-hydrogen) atoms. The fourth-order valence-corrected chi connectivity index (χ4v) is 1.03. The second-order valence-electron chi connectivity index (χ2n) is 2.94. The van der Waals surface area contributed by atoms with E-state index < -0.39 is 18.5 Å². The number of hydrogen-bond acceptors (Lipinski definition) is 3. The molecule has 0 aliphatic carbocycles. The summed E-state index contributed by atoms with van der Waals surface area (Å²) in [6, 6.07) is 0. The molecule has 0 aromatic carbocycles. The molecule has 0 amide bonds. The van der Waals surface area contributed by atoms with Crippen LogP contribution in [0.5, 0.6) is 0 Å². The van der Waals surface area contributed by atoms with E-state index in [2.05, 4.69) is 0 Å². The van der Waals surface area contributed by atoms with Gasteiger partial charge in [0.2, 0.25) is 0 Å². The summed E-state index contributed by atoms with van der Waals surface area (Å²) in [5.41, 5.74) is 0. The van der Waals surface area contributed by atoms with Gasteiger partial charge in [0.1, 0.15) is 12.5 Å². The van der Waals surface area contributed by atoms with Gasteiger partial charge in [-0.3, -0.25) is 9.59 Å². The van der Waals surface area contributed by atoms with E-state index in [1.54, 1.807) is 0 Å². The molecule has 1 atom stereocenters. The molecule has 0 spiro atoms. The van der Waals surface area contributed by atoms with Crippen molar-refractivity contribution in [3.05, 3.63) is 0 Å². The predicted molar refractivity (Wildman–Crippen MR) is 42.9 cm³/mol. The van der Waals surface area contributed by atoms with Gasteiger partial charge in [-0.15, -0.1) is 0 Å². The number of hydrogen-bond donors (Lipinski definition) is 1. The van der Waals surface area contributed by atoms with Crippen LogP contribution in [0, 0.1) is 5.92 Å². The van der Waals surface area contributed by atoms with E-state index >= 15 is 0 Å². The van der Waals surface area contributed by atoms with E-state index in [-0.39, 0.29) is 11.7 Å². The van der Waals surface area contributed by atoms with Crippen LogP contribution in [0.1, 0.15) is 20.3 Å². The largest absolute Gasteiger partial charge is 0.481 e. The summed E-state index contributed by atoms with van der Waals surface area (Å²) in [6.45, 7) is 3.63. The lowest BCUT2D eigenvalue weighted by atomic mass is 10.0. The molecule has 0 aromatic heterocycles. The topological polar surface area (TPSA) is 63.6 Å². The van der Waals surface area contributed by atoms with E-state index in [1.807, 2.05) is 13.8 Å². The maximum absolute atomic E-state index is 11.1. The van der Waals surface area contributed by atoms with Crippen LogP contribution in [0.4, 0.5) is 0 Å². The van der Waals surface area contributed by atoms with Gasteiger partial charge in [0, 0.05) is 7.11 Å². The molecule has 0 aromatic rings. The van der Waals surface area contributed by atoms with Crippen molar-refractivity contribution in [3.63, 3.8) is 0 Å². The zero-order valence-corrected chi connectivity index (χ0v) is 7.53. The van der Waals surface area contributed by atoms with Crippen molar-refractivity contribution >= 4 is 11.8 Å². The molecular formula is C8H14O4. The van der Waals surface area contributed by atoms with E-state index in [1.165, 1.54) is 7.11 Å². The van der Waals surface area contributed by atoms with Gasteiger partial charge < -0.3 is 9.84 Å². The number of carboxylic acids is 1. The van der Waals surface area contributed by atoms with E-state index in [0.29, 0.717) is 0 Å². The molecule has 4 nitrogen and oxygen atoms in total. The SMILES string of the molecule is COC(C(=O)CC(=O)O)C(C)C. The molecule has 0 saturated heterocycles. The predicted octanol–water partition coefficient (Wildman–Crippen LogP) is 0.701. The van der Waals surface area contributed by atoms with E-state index in [0.717, 1.165) is 0 Å². The molecule has 0 fully saturated rings. The minimum atomic E-state index is -1.11. The molecule has 70 valence electrons. The summed E-state index contributed by atoms with van der Waals surface area (Å²) in [5.74, 6) is -1.47. The molecule has 4 heteroatoms. The van der Waals surface area contributed by atoms with Crippen LogP contribution in [-0.4, -0.2) is 30.1 Å². The van der Waals surface area contributed by atoms with Crippen LogP contribution in [0.3, 0.4) is 0 Å². The van der Waals surface area contributed by atoms with Crippen LogP contribution in [-0.2, 0) is 14.3 Å². The number of ketones is 1. The molecule has 0 rings (SSSR count). The van der Waals surface area contributed by atoms with Crippen molar-refractivity contribution in [1.82, 2.24) is 0 Å². The quantitative estimate of drug-likeness (QED) is 0.623. The normalized spacial score (nSPS) is 13.0. The molecule has 1 N–H and O–H groups in total. The van der Waals surface area contributed by atoms with Crippen molar-refractivity contribution < 1.29 is 19.4 Å². The molecular weight excluding hydrogens is 160 g/mol. The Labute approximate surface area is 71.5 Å². The van der Waals surface area contributed by atoms with Crippen molar-refractivity contribution in [2.24, 2.45) is 5.92 Å². The van der Waals surface area contributed by atoms with E-state index in [4.69, 9.17) is 9.84 Å². The summed E-state index contributed by atoms with van der Waals surface area (Å²) in [6.07, 6.45) is -1.06. The lowest BCUT2D eigenvalue weighted by Gasteiger charge is -2.16. The Kier molecular flexibility index (Phi) is 4.51. The summed E-state index contributed by atoms with van der Waals surface area (Å²) >= 11 is 0. The molecule has 0 saturated carbocycles. The Morgan fingerprint density at radius 3 is 2.17 bits per heavy atom. The number of carbonyl (C=O) groups is 2. The van der Waals surface area contributed by atoms with Gasteiger partial charge in [-0.25, -0.2) is 0 Å². The number of ether oxygens (including phenoxy) is 1. The van der Waals surface area contributed by atoms with Crippen molar-refractivity contribution in [3.8, 4) is 0 Å². The van der Waals surface area contributed by atoms with Gasteiger partial charge in [-0.05, 0) is 5.92 Å². The smallest absolute Gasteiger partial charge is 0.310 e. The first-order valence-electron chi connectivity index (χ1n) is 3.76. The zero-order valence-electron chi connectivity index (χ0n) is 7.53. The Bertz CT molecular complexity index is 174. The summed E-state index contributed by atoms with van der Waals surface area (Å²) in [4.78, 5) is 21.3. The Morgan fingerprint density at radius 2 is 1.92 bits per heavy atom. The highest BCUT2D eigenvalue weighted by molar-refractivity contribution is 5.97.